The molecule has 0 radical (unpaired) electrons. The number of hydrogen-bond acceptors (Lipinski definition) is 6. The lowest BCUT2D eigenvalue weighted by Gasteiger charge is -2.06. The van der Waals surface area contributed by atoms with Crippen LogP contribution in [-0.2, 0) is 6.18 Å². The summed E-state index contributed by atoms with van der Waals surface area (Å²) < 4.78 is 37.5. The van der Waals surface area contributed by atoms with E-state index >= 15 is 0 Å². The fourth-order valence-corrected chi connectivity index (χ4v) is 1.92. The molecule has 0 fully saturated rings. The first-order valence-electron chi connectivity index (χ1n) is 6.49. The summed E-state index contributed by atoms with van der Waals surface area (Å²) in [5.41, 5.74) is -2.01. The van der Waals surface area contributed by atoms with Gasteiger partial charge in [-0.1, -0.05) is 0 Å². The molecule has 2 N–H and O–H groups in total. The Bertz CT molecular complexity index is 900. The zero-order valence-corrected chi connectivity index (χ0v) is 12.2. The monoisotopic (exact) mass is 351 g/mol. The largest absolute Gasteiger partial charge is 0.504 e. The zero-order chi connectivity index (χ0) is 18.8. The number of rotatable bonds is 3. The highest BCUT2D eigenvalue weighted by atomic mass is 19.4. The molecule has 2 aromatic rings. The molecule has 0 aliphatic rings. The fourth-order valence-electron chi connectivity index (χ4n) is 1.92. The van der Waals surface area contributed by atoms with E-state index in [0.717, 1.165) is 30.5 Å². The minimum Gasteiger partial charge on any atom is -0.504 e. The number of phenolic OH excluding ortho intramolecular Hbond substituents is 2. The van der Waals surface area contributed by atoms with Crippen LogP contribution in [0.25, 0.3) is 11.6 Å². The van der Waals surface area contributed by atoms with Gasteiger partial charge in [0.1, 0.15) is 5.69 Å². The third-order valence-electron chi connectivity index (χ3n) is 3.09. The Morgan fingerprint density at radius 2 is 2.00 bits per heavy atom. The smallest absolute Gasteiger partial charge is 0.433 e. The van der Waals surface area contributed by atoms with Gasteiger partial charge in [0, 0.05) is 17.8 Å². The summed E-state index contributed by atoms with van der Waals surface area (Å²) >= 11 is 0. The van der Waals surface area contributed by atoms with Crippen molar-refractivity contribution >= 4 is 17.3 Å². The zero-order valence-electron chi connectivity index (χ0n) is 12.2. The predicted octanol–water partition coefficient (Wildman–Crippen LogP) is 3.48. The Balaban J connectivity index is 2.48. The molecule has 1 heterocycles. The van der Waals surface area contributed by atoms with Crippen molar-refractivity contribution in [3.05, 3.63) is 57.4 Å². The molecular weight excluding hydrogens is 343 g/mol. The lowest BCUT2D eigenvalue weighted by atomic mass is 10.0. The van der Waals surface area contributed by atoms with Crippen LogP contribution in [0.1, 0.15) is 16.8 Å². The second-order valence-corrected chi connectivity index (χ2v) is 4.76. The second-order valence-electron chi connectivity index (χ2n) is 4.76. The van der Waals surface area contributed by atoms with Gasteiger partial charge in [-0.15, -0.1) is 0 Å². The number of aromatic nitrogens is 1. The highest BCUT2D eigenvalue weighted by Crippen LogP contribution is 2.37. The topological polar surface area (TPSA) is 120 Å². The maximum Gasteiger partial charge on any atom is 0.433 e. The van der Waals surface area contributed by atoms with Crippen molar-refractivity contribution in [1.29, 1.82) is 5.26 Å². The summed E-state index contributed by atoms with van der Waals surface area (Å²) in [6, 6.07) is 5.33. The molecule has 0 saturated carbocycles. The standard InChI is InChI=1S/C15H8F3N3O4/c16-15(17,18)13-2-1-9(7-20-13)10(6-19)3-8-4-11(21(24)25)14(23)12(22)5-8/h1-5,7,22-23H. The van der Waals surface area contributed by atoms with Crippen LogP contribution in [-0.4, -0.2) is 20.1 Å². The number of nitro benzene ring substituents is 1. The van der Waals surface area contributed by atoms with Crippen molar-refractivity contribution in [2.75, 3.05) is 0 Å². The molecule has 10 heteroatoms. The number of hydrogen-bond donors (Lipinski definition) is 2. The van der Waals surface area contributed by atoms with Crippen LogP contribution in [0.3, 0.4) is 0 Å². The molecule has 0 aliphatic heterocycles. The van der Waals surface area contributed by atoms with Crippen LogP contribution < -0.4 is 0 Å². The number of benzene rings is 1. The normalized spacial score (nSPS) is 11.8. The first kappa shape index (κ1) is 17.7. The van der Waals surface area contributed by atoms with Crippen molar-refractivity contribution in [1.82, 2.24) is 4.98 Å². The molecule has 0 amide bonds. The Hall–Kier alpha value is -3.61. The molecule has 0 atom stereocenters. The Morgan fingerprint density at radius 3 is 2.48 bits per heavy atom. The van der Waals surface area contributed by atoms with E-state index < -0.39 is 34.0 Å². The lowest BCUT2D eigenvalue weighted by Crippen LogP contribution is -2.07. The van der Waals surface area contributed by atoms with Crippen LogP contribution in [0.4, 0.5) is 18.9 Å². The fraction of sp³-hybridized carbons (Fsp3) is 0.0667. The summed E-state index contributed by atoms with van der Waals surface area (Å²) in [7, 11) is 0. The van der Waals surface area contributed by atoms with E-state index in [-0.39, 0.29) is 16.7 Å². The number of allylic oxidation sites excluding steroid dienone is 1. The highest BCUT2D eigenvalue weighted by Gasteiger charge is 2.32. The van der Waals surface area contributed by atoms with Gasteiger partial charge in [-0.25, -0.2) is 0 Å². The van der Waals surface area contributed by atoms with E-state index in [1.165, 1.54) is 0 Å². The van der Waals surface area contributed by atoms with Gasteiger partial charge < -0.3 is 10.2 Å². The molecule has 0 bridgehead atoms. The van der Waals surface area contributed by atoms with Gasteiger partial charge in [0.25, 0.3) is 0 Å². The highest BCUT2D eigenvalue weighted by molar-refractivity contribution is 5.90. The number of alkyl halides is 3. The summed E-state index contributed by atoms with van der Waals surface area (Å²) in [4.78, 5) is 13.1. The van der Waals surface area contributed by atoms with Crippen molar-refractivity contribution in [2.45, 2.75) is 6.18 Å². The Morgan fingerprint density at radius 1 is 1.32 bits per heavy atom. The van der Waals surface area contributed by atoms with E-state index in [4.69, 9.17) is 5.26 Å². The summed E-state index contributed by atoms with van der Waals surface area (Å²) in [5.74, 6) is -1.71. The molecule has 0 unspecified atom stereocenters. The second kappa shape index (κ2) is 6.48. The third kappa shape index (κ3) is 3.84. The first-order valence-corrected chi connectivity index (χ1v) is 6.49. The number of nitriles is 1. The first-order chi connectivity index (χ1) is 11.6. The minimum atomic E-state index is -4.63. The molecular formula is C15H8F3N3O4. The summed E-state index contributed by atoms with van der Waals surface area (Å²) in [6.07, 6.45) is -2.68. The van der Waals surface area contributed by atoms with E-state index in [9.17, 15) is 33.5 Å². The molecule has 7 nitrogen and oxygen atoms in total. The molecule has 0 saturated heterocycles. The summed E-state index contributed by atoms with van der Waals surface area (Å²) in [6.45, 7) is 0. The van der Waals surface area contributed by atoms with Crippen molar-refractivity contribution in [3.63, 3.8) is 0 Å². The van der Waals surface area contributed by atoms with Gasteiger partial charge in [-0.05, 0) is 29.8 Å². The predicted molar refractivity (Wildman–Crippen MR) is 79.1 cm³/mol. The molecule has 25 heavy (non-hydrogen) atoms. The van der Waals surface area contributed by atoms with Crippen molar-refractivity contribution < 1.29 is 28.3 Å². The molecule has 1 aromatic carbocycles. The van der Waals surface area contributed by atoms with Crippen LogP contribution in [0.5, 0.6) is 11.5 Å². The van der Waals surface area contributed by atoms with Gasteiger partial charge in [-0.3, -0.25) is 15.1 Å². The SMILES string of the molecule is N#CC(=Cc1cc(O)c(O)c([N+](=O)[O-])c1)c1ccc(C(F)(F)F)nc1. The number of nitro groups is 1. The number of aromatic hydroxyl groups is 2. The van der Waals surface area contributed by atoms with Gasteiger partial charge in [0.15, 0.2) is 5.75 Å². The van der Waals surface area contributed by atoms with Crippen molar-refractivity contribution in [2.24, 2.45) is 0 Å². The lowest BCUT2D eigenvalue weighted by molar-refractivity contribution is -0.386. The summed E-state index contributed by atoms with van der Waals surface area (Å²) in [5, 5.41) is 38.9. The molecule has 128 valence electrons. The van der Waals surface area contributed by atoms with E-state index in [1.54, 1.807) is 6.07 Å². The van der Waals surface area contributed by atoms with Crippen LogP contribution in [0.15, 0.2) is 30.5 Å². The van der Waals surface area contributed by atoms with Gasteiger partial charge in [0.05, 0.1) is 16.6 Å². The average molecular weight is 351 g/mol. The van der Waals surface area contributed by atoms with Crippen molar-refractivity contribution in [3.8, 4) is 17.6 Å². The maximum atomic E-state index is 12.5. The Kier molecular flexibility index (Phi) is 4.60. The van der Waals surface area contributed by atoms with Crippen LogP contribution >= 0.6 is 0 Å². The maximum absolute atomic E-state index is 12.5. The number of halogens is 3. The van der Waals surface area contributed by atoms with Crippen LogP contribution in [0.2, 0.25) is 0 Å². The van der Waals surface area contributed by atoms with E-state index in [1.807, 2.05) is 0 Å². The van der Waals surface area contributed by atoms with E-state index in [2.05, 4.69) is 4.98 Å². The Labute approximate surface area is 138 Å². The quantitative estimate of drug-likeness (QED) is 0.378. The number of nitrogens with zero attached hydrogens (tertiary/aromatic N) is 3. The van der Waals surface area contributed by atoms with Gasteiger partial charge >= 0.3 is 11.9 Å². The van der Waals surface area contributed by atoms with Gasteiger partial charge in [0.2, 0.25) is 5.75 Å². The third-order valence-corrected chi connectivity index (χ3v) is 3.09. The van der Waals surface area contributed by atoms with Gasteiger partial charge in [-0.2, -0.15) is 18.4 Å². The average Bonchev–Trinajstić information content (AvgIpc) is 2.54. The molecule has 0 aliphatic carbocycles. The van der Waals surface area contributed by atoms with E-state index in [0.29, 0.717) is 6.07 Å². The number of phenols is 2. The number of pyridine rings is 1. The molecule has 0 spiro atoms. The molecule has 1 aromatic heterocycles. The minimum absolute atomic E-state index is 0.00144. The molecule has 2 rings (SSSR count). The van der Waals surface area contributed by atoms with Crippen LogP contribution in [0, 0.1) is 21.4 Å².